The van der Waals surface area contributed by atoms with Gasteiger partial charge in [-0.2, -0.15) is 4.98 Å². The molecular formula is C17H22ClFN4O2. The number of halogens is 2. The van der Waals surface area contributed by atoms with Crippen molar-refractivity contribution in [1.29, 1.82) is 0 Å². The largest absolute Gasteiger partial charge is 0.444 e. The van der Waals surface area contributed by atoms with Gasteiger partial charge in [0, 0.05) is 24.3 Å². The normalized spacial score (nSPS) is 22.0. The summed E-state index contributed by atoms with van der Waals surface area (Å²) in [4.78, 5) is 21.9. The number of likely N-dealkylation sites (tertiary alicyclic amines) is 1. The predicted molar refractivity (Wildman–Crippen MR) is 93.5 cm³/mol. The third-order valence-electron chi connectivity index (χ3n) is 4.18. The van der Waals surface area contributed by atoms with Gasteiger partial charge < -0.3 is 14.2 Å². The molecule has 0 aliphatic carbocycles. The van der Waals surface area contributed by atoms with Crippen LogP contribution in [0.5, 0.6) is 0 Å². The highest BCUT2D eigenvalue weighted by molar-refractivity contribution is 6.28. The molecule has 8 heteroatoms. The number of fused-ring (bicyclic) bond motifs is 1. The van der Waals surface area contributed by atoms with Gasteiger partial charge in [0.25, 0.3) is 0 Å². The fourth-order valence-corrected chi connectivity index (χ4v) is 3.21. The number of hydrogen-bond acceptors (Lipinski definition) is 4. The quantitative estimate of drug-likeness (QED) is 0.714. The molecule has 1 amide bonds. The lowest BCUT2D eigenvalue weighted by atomic mass is 10.1. The Hall–Kier alpha value is -1.89. The van der Waals surface area contributed by atoms with Gasteiger partial charge in [0.05, 0.1) is 12.6 Å². The first-order valence-electron chi connectivity index (χ1n) is 8.36. The van der Waals surface area contributed by atoms with Crippen LogP contribution in [0.15, 0.2) is 18.5 Å². The summed E-state index contributed by atoms with van der Waals surface area (Å²) < 4.78 is 22.2. The number of ether oxygens (including phenoxy) is 1. The van der Waals surface area contributed by atoms with Crippen molar-refractivity contribution in [2.24, 2.45) is 0 Å². The van der Waals surface area contributed by atoms with E-state index in [0.29, 0.717) is 25.0 Å². The van der Waals surface area contributed by atoms with E-state index in [-0.39, 0.29) is 11.8 Å². The van der Waals surface area contributed by atoms with Crippen molar-refractivity contribution in [1.82, 2.24) is 19.4 Å². The topological polar surface area (TPSA) is 60.2 Å². The van der Waals surface area contributed by atoms with E-state index >= 15 is 0 Å². The van der Waals surface area contributed by atoms with Crippen LogP contribution in [-0.2, 0) is 4.74 Å². The van der Waals surface area contributed by atoms with E-state index in [2.05, 4.69) is 9.97 Å². The highest BCUT2D eigenvalue weighted by atomic mass is 35.5. The van der Waals surface area contributed by atoms with E-state index in [1.54, 1.807) is 37.7 Å². The summed E-state index contributed by atoms with van der Waals surface area (Å²) in [6.07, 6.45) is 3.01. The molecule has 1 aliphatic heterocycles. The first kappa shape index (κ1) is 17.9. The Bertz CT molecular complexity index is 774. The minimum atomic E-state index is -1.22. The molecule has 25 heavy (non-hydrogen) atoms. The summed E-state index contributed by atoms with van der Waals surface area (Å²) in [5.41, 5.74) is 0.0113. The molecule has 3 rings (SSSR count). The summed E-state index contributed by atoms with van der Waals surface area (Å²) in [6.45, 7) is 5.87. The highest BCUT2D eigenvalue weighted by Crippen LogP contribution is 2.30. The second-order valence-corrected chi connectivity index (χ2v) is 7.63. The summed E-state index contributed by atoms with van der Waals surface area (Å²) in [6, 6.07) is 1.44. The van der Waals surface area contributed by atoms with Gasteiger partial charge >= 0.3 is 6.09 Å². The molecular weight excluding hydrogens is 347 g/mol. The molecule has 0 radical (unpaired) electrons. The lowest BCUT2D eigenvalue weighted by molar-refractivity contribution is 0.0211. The Labute approximate surface area is 150 Å². The molecule has 1 saturated heterocycles. The molecule has 1 fully saturated rings. The molecule has 0 bridgehead atoms. The number of carbonyl (C=O) groups excluding carboxylic acids is 1. The van der Waals surface area contributed by atoms with Gasteiger partial charge in [-0.25, -0.2) is 14.2 Å². The van der Waals surface area contributed by atoms with Crippen LogP contribution in [0.2, 0.25) is 5.28 Å². The van der Waals surface area contributed by atoms with Crippen LogP contribution in [0.4, 0.5) is 9.18 Å². The zero-order chi connectivity index (χ0) is 18.2. The van der Waals surface area contributed by atoms with Crippen molar-refractivity contribution >= 4 is 28.7 Å². The first-order valence-corrected chi connectivity index (χ1v) is 8.73. The highest BCUT2D eigenvalue weighted by Gasteiger charge is 2.33. The van der Waals surface area contributed by atoms with Gasteiger partial charge in [-0.05, 0) is 51.3 Å². The smallest absolute Gasteiger partial charge is 0.410 e. The van der Waals surface area contributed by atoms with Crippen LogP contribution in [0.1, 0.15) is 39.7 Å². The molecule has 136 valence electrons. The molecule has 0 N–H and O–H groups in total. The molecule has 0 spiro atoms. The van der Waals surface area contributed by atoms with E-state index in [1.807, 2.05) is 6.07 Å². The van der Waals surface area contributed by atoms with E-state index in [1.165, 1.54) is 4.90 Å². The van der Waals surface area contributed by atoms with Crippen LogP contribution in [0.25, 0.3) is 11.0 Å². The average Bonchev–Trinajstić information content (AvgIpc) is 2.80. The van der Waals surface area contributed by atoms with Crippen molar-refractivity contribution in [3.8, 4) is 0 Å². The Morgan fingerprint density at radius 2 is 2.20 bits per heavy atom. The summed E-state index contributed by atoms with van der Waals surface area (Å²) >= 11 is 5.88. The molecule has 2 aromatic heterocycles. The predicted octanol–water partition coefficient (Wildman–Crippen LogP) is 3.99. The fraction of sp³-hybridized carbons (Fsp3) is 0.588. The molecule has 2 atom stereocenters. The van der Waals surface area contributed by atoms with Gasteiger partial charge in [0.2, 0.25) is 5.28 Å². The zero-order valence-electron chi connectivity index (χ0n) is 14.6. The summed E-state index contributed by atoms with van der Waals surface area (Å²) in [5, 5.41) is 0.941. The molecule has 6 nitrogen and oxygen atoms in total. The van der Waals surface area contributed by atoms with E-state index < -0.39 is 23.9 Å². The van der Waals surface area contributed by atoms with Gasteiger partial charge in [0.15, 0.2) is 0 Å². The van der Waals surface area contributed by atoms with Crippen LogP contribution >= 0.6 is 11.6 Å². The van der Waals surface area contributed by atoms with Gasteiger partial charge in [-0.15, -0.1) is 0 Å². The summed E-state index contributed by atoms with van der Waals surface area (Å²) in [5.74, 6) is 0. The average molecular weight is 369 g/mol. The maximum absolute atomic E-state index is 15.0. The maximum Gasteiger partial charge on any atom is 0.410 e. The third-order valence-corrected chi connectivity index (χ3v) is 4.36. The van der Waals surface area contributed by atoms with Crippen LogP contribution in [-0.4, -0.2) is 50.4 Å². The SMILES string of the molecule is CC(C)(C)OC(=O)N1CCC[C@@H](n2ccc3cnc(Cl)nc32)[C@H](F)C1. The standard InChI is InChI=1S/C17H22ClFN4O2/c1-17(2,3)25-16(24)22-7-4-5-13(12(19)10-22)23-8-6-11-9-20-15(18)21-14(11)23/h6,8-9,12-13H,4-5,7,10H2,1-3H3/t12-,13-/m1/s1. The zero-order valence-corrected chi connectivity index (χ0v) is 15.3. The number of rotatable bonds is 1. The van der Waals surface area contributed by atoms with Gasteiger partial charge in [-0.1, -0.05) is 0 Å². The van der Waals surface area contributed by atoms with Crippen LogP contribution < -0.4 is 0 Å². The van der Waals surface area contributed by atoms with Crippen molar-refractivity contribution in [2.75, 3.05) is 13.1 Å². The Morgan fingerprint density at radius 3 is 2.92 bits per heavy atom. The Morgan fingerprint density at radius 1 is 1.44 bits per heavy atom. The monoisotopic (exact) mass is 368 g/mol. The fourth-order valence-electron chi connectivity index (χ4n) is 3.09. The van der Waals surface area contributed by atoms with E-state index in [0.717, 1.165) is 5.39 Å². The van der Waals surface area contributed by atoms with Crippen LogP contribution in [0.3, 0.4) is 0 Å². The van der Waals surface area contributed by atoms with Crippen LogP contribution in [0, 0.1) is 0 Å². The maximum atomic E-state index is 15.0. The first-order chi connectivity index (χ1) is 11.7. The number of nitrogens with zero attached hydrogens (tertiary/aromatic N) is 4. The molecule has 2 aromatic rings. The summed E-state index contributed by atoms with van der Waals surface area (Å²) in [7, 11) is 0. The minimum absolute atomic E-state index is 0.00192. The lowest BCUT2D eigenvalue weighted by Crippen LogP contribution is -2.40. The number of hydrogen-bond donors (Lipinski definition) is 0. The van der Waals surface area contributed by atoms with Gasteiger partial charge in [-0.3, -0.25) is 0 Å². The molecule has 3 heterocycles. The second-order valence-electron chi connectivity index (χ2n) is 7.29. The van der Waals surface area contributed by atoms with Crippen molar-refractivity contribution < 1.29 is 13.9 Å². The molecule has 0 aromatic carbocycles. The minimum Gasteiger partial charge on any atom is -0.444 e. The van der Waals surface area contributed by atoms with Gasteiger partial charge in [0.1, 0.15) is 17.4 Å². The van der Waals surface area contributed by atoms with Crippen molar-refractivity contribution in [3.63, 3.8) is 0 Å². The second kappa shape index (κ2) is 6.78. The van der Waals surface area contributed by atoms with E-state index in [9.17, 15) is 9.18 Å². The Kier molecular flexibility index (Phi) is 4.86. The lowest BCUT2D eigenvalue weighted by Gasteiger charge is -2.27. The van der Waals surface area contributed by atoms with Crippen molar-refractivity contribution in [2.45, 2.75) is 51.4 Å². The Balaban J connectivity index is 1.80. The number of carbonyl (C=O) groups is 1. The molecule has 0 saturated carbocycles. The molecule has 0 unspecified atom stereocenters. The van der Waals surface area contributed by atoms with Crippen molar-refractivity contribution in [3.05, 3.63) is 23.7 Å². The molecule has 1 aliphatic rings. The number of alkyl halides is 1. The third kappa shape index (κ3) is 4.03. The van der Waals surface area contributed by atoms with E-state index in [4.69, 9.17) is 16.3 Å². The number of aromatic nitrogens is 3. The number of amides is 1.